The molecule has 0 saturated heterocycles. The molecule has 0 aromatic heterocycles. The van der Waals surface area contributed by atoms with Crippen molar-refractivity contribution in [2.45, 2.75) is 49.6 Å². The number of carbonyl (C=O) groups is 2. The normalized spacial score (nSPS) is 21.0. The third-order valence-corrected chi connectivity index (χ3v) is 7.99. The summed E-state index contributed by atoms with van der Waals surface area (Å²) < 4.78 is 15.5. The van der Waals surface area contributed by atoms with E-state index in [-0.39, 0.29) is 50.0 Å². The van der Waals surface area contributed by atoms with Crippen LogP contribution in [0.2, 0.25) is 0 Å². The van der Waals surface area contributed by atoms with Gasteiger partial charge in [0.05, 0.1) is 30.8 Å². The summed E-state index contributed by atoms with van der Waals surface area (Å²) in [6.07, 6.45) is 1.81. The van der Waals surface area contributed by atoms with Gasteiger partial charge in [-0.25, -0.2) is 0 Å². The topological polar surface area (TPSA) is 141 Å². The molecule has 5 atom stereocenters. The van der Waals surface area contributed by atoms with Crippen LogP contribution in [0.1, 0.15) is 40.8 Å². The van der Waals surface area contributed by atoms with Crippen molar-refractivity contribution < 1.29 is 19.1 Å². The van der Waals surface area contributed by atoms with Gasteiger partial charge in [-0.2, -0.15) is 0 Å². The first-order valence-corrected chi connectivity index (χ1v) is 14.7. The fourth-order valence-electron chi connectivity index (χ4n) is 5.08. The molecule has 2 amide bonds. The van der Waals surface area contributed by atoms with Crippen LogP contribution in [0.4, 0.5) is 0 Å². The van der Waals surface area contributed by atoms with Crippen molar-refractivity contribution in [3.8, 4) is 23.7 Å². The first-order valence-electron chi connectivity index (χ1n) is 13.7. The molecule has 0 fully saturated rings. The van der Waals surface area contributed by atoms with Crippen LogP contribution in [0.15, 0.2) is 48.5 Å². The summed E-state index contributed by atoms with van der Waals surface area (Å²) >= 11 is 1.48. The zero-order chi connectivity index (χ0) is 29.0. The molecule has 0 heterocycles. The van der Waals surface area contributed by atoms with E-state index in [1.807, 2.05) is 24.3 Å². The minimum atomic E-state index is -0.721. The van der Waals surface area contributed by atoms with E-state index in [4.69, 9.17) is 20.9 Å². The summed E-state index contributed by atoms with van der Waals surface area (Å²) in [5.41, 5.74) is 16.6. The lowest BCUT2D eigenvalue weighted by Crippen LogP contribution is -2.47. The maximum absolute atomic E-state index is 11.8. The molecule has 2 aliphatic carbocycles. The summed E-state index contributed by atoms with van der Waals surface area (Å²) in [5, 5.41) is 5.42. The summed E-state index contributed by atoms with van der Waals surface area (Å²) in [5.74, 6) is 11.4. The maximum Gasteiger partial charge on any atom is 0.240 e. The number of benzene rings is 2. The number of likely N-dealkylation sites (N-methyl/N-ethyl adjacent to an activating group) is 1. The number of ether oxygens (including phenoxy) is 2. The third kappa shape index (κ3) is 8.57. The largest absolute Gasteiger partial charge is 0.368 e. The molecule has 10 heteroatoms. The smallest absolute Gasteiger partial charge is 0.240 e. The van der Waals surface area contributed by atoms with E-state index in [0.717, 1.165) is 18.4 Å². The second-order valence-corrected chi connectivity index (χ2v) is 10.9. The van der Waals surface area contributed by atoms with Crippen LogP contribution in [-0.4, -0.2) is 62.6 Å². The molecule has 0 spiro atoms. The lowest BCUT2D eigenvalue weighted by molar-refractivity contribution is -0.126. The monoisotopic (exact) mass is 575 g/mol. The number of rotatable bonds is 13. The number of primary amides is 1. The molecule has 0 radical (unpaired) electrons. The van der Waals surface area contributed by atoms with Crippen LogP contribution in [0.25, 0.3) is 0 Å². The Labute approximate surface area is 246 Å². The summed E-state index contributed by atoms with van der Waals surface area (Å²) in [6, 6.07) is 15.5. The highest BCUT2D eigenvalue weighted by atomic mass is 32.2. The van der Waals surface area contributed by atoms with Crippen LogP contribution in [0, 0.1) is 23.7 Å². The molecule has 41 heavy (non-hydrogen) atoms. The molecule has 7 N–H and O–H groups in total. The SMILES string of the molecule is CNCC(=O)N[C@@H](CCSN[C@H]1c2ccccc2C[C@H]1OCC#CC#CCO[C@@H]1Cc2ccccc2[C@@H]1N)C(N)=O. The van der Waals surface area contributed by atoms with Gasteiger partial charge in [-0.1, -0.05) is 72.3 Å². The second-order valence-electron chi connectivity index (χ2n) is 9.92. The molecule has 2 aromatic rings. The molecule has 9 nitrogen and oxygen atoms in total. The maximum atomic E-state index is 11.8. The summed E-state index contributed by atoms with van der Waals surface area (Å²) in [7, 11) is 1.67. The minimum Gasteiger partial charge on any atom is -0.368 e. The minimum absolute atomic E-state index is 0.0388. The van der Waals surface area contributed by atoms with Gasteiger partial charge in [-0.3, -0.25) is 14.3 Å². The predicted octanol–water partition coefficient (Wildman–Crippen LogP) is 1.13. The van der Waals surface area contributed by atoms with Gasteiger partial charge >= 0.3 is 0 Å². The number of hydrogen-bond acceptors (Lipinski definition) is 8. The van der Waals surface area contributed by atoms with Crippen LogP contribution in [0.3, 0.4) is 0 Å². The van der Waals surface area contributed by atoms with Crippen molar-refractivity contribution in [3.63, 3.8) is 0 Å². The third-order valence-electron chi connectivity index (χ3n) is 7.13. The summed E-state index contributed by atoms with van der Waals surface area (Å²) in [4.78, 5) is 23.6. The number of nitrogens with two attached hydrogens (primary N) is 2. The lowest BCUT2D eigenvalue weighted by atomic mass is 10.1. The number of fused-ring (bicyclic) bond motifs is 2. The van der Waals surface area contributed by atoms with E-state index in [9.17, 15) is 9.59 Å². The fraction of sp³-hybridized carbons (Fsp3) is 0.419. The summed E-state index contributed by atoms with van der Waals surface area (Å²) in [6.45, 7) is 0.652. The van der Waals surface area contributed by atoms with Gasteiger partial charge < -0.3 is 31.6 Å². The second kappa shape index (κ2) is 15.6. The first kappa shape index (κ1) is 30.6. The van der Waals surface area contributed by atoms with E-state index >= 15 is 0 Å². The predicted molar refractivity (Wildman–Crippen MR) is 160 cm³/mol. The van der Waals surface area contributed by atoms with Crippen LogP contribution < -0.4 is 26.8 Å². The lowest BCUT2D eigenvalue weighted by Gasteiger charge is -2.22. The van der Waals surface area contributed by atoms with Gasteiger partial charge in [-0.15, -0.1) is 0 Å². The van der Waals surface area contributed by atoms with Crippen molar-refractivity contribution in [1.29, 1.82) is 0 Å². The van der Waals surface area contributed by atoms with Gasteiger partial charge in [0.1, 0.15) is 19.3 Å². The van der Waals surface area contributed by atoms with E-state index in [1.54, 1.807) is 7.05 Å². The Morgan fingerprint density at radius 2 is 1.59 bits per heavy atom. The molecular weight excluding hydrogens is 538 g/mol. The van der Waals surface area contributed by atoms with Gasteiger partial charge in [0.25, 0.3) is 0 Å². The van der Waals surface area contributed by atoms with E-state index in [1.165, 1.54) is 28.6 Å². The van der Waals surface area contributed by atoms with Crippen molar-refractivity contribution in [1.82, 2.24) is 15.4 Å². The van der Waals surface area contributed by atoms with Gasteiger partial charge in [0, 0.05) is 18.6 Å². The Kier molecular flexibility index (Phi) is 11.6. The highest BCUT2D eigenvalue weighted by Gasteiger charge is 2.33. The Bertz CT molecular complexity index is 1330. The molecule has 4 rings (SSSR count). The zero-order valence-corrected chi connectivity index (χ0v) is 24.0. The molecule has 0 unspecified atom stereocenters. The van der Waals surface area contributed by atoms with E-state index < -0.39 is 11.9 Å². The van der Waals surface area contributed by atoms with Crippen molar-refractivity contribution in [2.75, 3.05) is 32.6 Å². The average molecular weight is 576 g/mol. The van der Waals surface area contributed by atoms with E-state index in [0.29, 0.717) is 12.2 Å². The Hall–Kier alpha value is -3.35. The van der Waals surface area contributed by atoms with Crippen LogP contribution in [-0.2, 0) is 31.9 Å². The number of amides is 2. The Balaban J connectivity index is 1.21. The first-order chi connectivity index (χ1) is 20.0. The van der Waals surface area contributed by atoms with Crippen LogP contribution >= 0.6 is 11.9 Å². The molecular formula is C31H37N5O4S. The Morgan fingerprint density at radius 1 is 0.976 bits per heavy atom. The molecule has 2 aliphatic rings. The van der Waals surface area contributed by atoms with Gasteiger partial charge in [-0.05, 0) is 47.6 Å². The molecule has 216 valence electrons. The highest BCUT2D eigenvalue weighted by molar-refractivity contribution is 7.97. The van der Waals surface area contributed by atoms with E-state index in [2.05, 4.69) is 63.3 Å². The fourth-order valence-corrected chi connectivity index (χ4v) is 6.01. The highest BCUT2D eigenvalue weighted by Crippen LogP contribution is 2.34. The average Bonchev–Trinajstić information content (AvgIpc) is 3.48. The molecule has 2 aromatic carbocycles. The zero-order valence-electron chi connectivity index (χ0n) is 23.2. The van der Waals surface area contributed by atoms with Crippen LogP contribution in [0.5, 0.6) is 0 Å². The molecule has 0 aliphatic heterocycles. The Morgan fingerprint density at radius 3 is 2.24 bits per heavy atom. The van der Waals surface area contributed by atoms with Gasteiger partial charge in [0.15, 0.2) is 0 Å². The number of nitrogens with one attached hydrogen (secondary N) is 3. The number of hydrogen-bond donors (Lipinski definition) is 5. The molecule has 0 saturated carbocycles. The standard InChI is InChI=1S/C31H37N5O4S/c1-34-20-28(37)35-25(31(33)38)14-17-41-36-30-24-13-7-5-11-22(24)19-27(30)40-16-9-3-2-8-15-39-26-18-21-10-4-6-12-23(21)29(26)32/h4-7,10-13,25-27,29-30,34,36H,14-20,32H2,1H3,(H2,33,38)(H,35,37)/t25-,26+,27+,29-,30-/m0/s1. The van der Waals surface area contributed by atoms with Crippen molar-refractivity contribution in [3.05, 3.63) is 70.8 Å². The van der Waals surface area contributed by atoms with Crippen molar-refractivity contribution in [2.24, 2.45) is 11.5 Å². The number of carbonyl (C=O) groups excluding carboxylic acids is 2. The van der Waals surface area contributed by atoms with Crippen molar-refractivity contribution >= 4 is 23.8 Å². The van der Waals surface area contributed by atoms with Gasteiger partial charge in [0.2, 0.25) is 11.8 Å². The molecule has 0 bridgehead atoms. The quantitative estimate of drug-likeness (QED) is 0.136.